The molecular weight excluding hydrogens is 371 g/mol. The van der Waals surface area contributed by atoms with Crippen molar-refractivity contribution >= 4 is 11.3 Å². The van der Waals surface area contributed by atoms with Crippen molar-refractivity contribution in [3.05, 3.63) is 60.0 Å². The maximum atomic E-state index is 14.5. The Bertz CT molecular complexity index is 933. The van der Waals surface area contributed by atoms with Crippen molar-refractivity contribution in [2.45, 2.75) is 45.5 Å². The zero-order chi connectivity index (χ0) is 21.0. The molecule has 0 bridgehead atoms. The molecule has 0 fully saturated rings. The summed E-state index contributed by atoms with van der Waals surface area (Å²) in [6.07, 6.45) is 1.40. The summed E-state index contributed by atoms with van der Waals surface area (Å²) in [6, 6.07) is 13.0. The van der Waals surface area contributed by atoms with Crippen molar-refractivity contribution in [1.82, 2.24) is 14.6 Å². The lowest BCUT2D eigenvalue weighted by atomic mass is 9.79. The Morgan fingerprint density at radius 1 is 1.21 bits per heavy atom. The van der Waals surface area contributed by atoms with E-state index in [0.717, 1.165) is 12.0 Å². The van der Waals surface area contributed by atoms with E-state index >= 15 is 0 Å². The van der Waals surface area contributed by atoms with Gasteiger partial charge in [0.2, 0.25) is 0 Å². The SMILES string of the molecule is CC[C@@H](C)C(C)[C@H](OCc1ccccc1)C(O)(CF)c1ccc2c(N)ncnn12. The standard InChI is InChI=1S/C22H29FN4O2/c1-4-15(2)16(3)20(29-12-17-8-6-5-7-9-17)22(28,13-23)19-11-10-18-21(24)25-14-26-27(18)19/h5-11,14-16,20,28H,4,12-13H2,1-3H3,(H2,24,25,26)/t15-,16?,20+,22?/m1/s1. The van der Waals surface area contributed by atoms with Gasteiger partial charge in [0.05, 0.1) is 18.4 Å². The average molecular weight is 400 g/mol. The molecule has 0 aliphatic heterocycles. The van der Waals surface area contributed by atoms with Crippen molar-refractivity contribution < 1.29 is 14.2 Å². The van der Waals surface area contributed by atoms with Crippen LogP contribution < -0.4 is 5.73 Å². The van der Waals surface area contributed by atoms with E-state index in [1.807, 2.05) is 37.3 Å². The molecule has 0 spiro atoms. The van der Waals surface area contributed by atoms with Gasteiger partial charge in [-0.2, -0.15) is 5.10 Å². The van der Waals surface area contributed by atoms with Gasteiger partial charge in [0, 0.05) is 0 Å². The van der Waals surface area contributed by atoms with Gasteiger partial charge in [-0.05, 0) is 29.5 Å². The lowest BCUT2D eigenvalue weighted by Crippen LogP contribution is -2.49. The third-order valence-electron chi connectivity index (χ3n) is 5.89. The summed E-state index contributed by atoms with van der Waals surface area (Å²) >= 11 is 0. The number of hydrogen-bond donors (Lipinski definition) is 2. The van der Waals surface area contributed by atoms with Crippen molar-refractivity contribution in [2.75, 3.05) is 12.4 Å². The molecule has 3 aromatic rings. The highest BCUT2D eigenvalue weighted by Crippen LogP contribution is 2.37. The average Bonchev–Trinajstić information content (AvgIpc) is 3.19. The molecule has 2 unspecified atom stereocenters. The van der Waals surface area contributed by atoms with Gasteiger partial charge in [-0.3, -0.25) is 0 Å². The van der Waals surface area contributed by atoms with Crippen LogP contribution in [0, 0.1) is 11.8 Å². The van der Waals surface area contributed by atoms with Crippen molar-refractivity contribution in [1.29, 1.82) is 0 Å². The summed E-state index contributed by atoms with van der Waals surface area (Å²) in [4.78, 5) is 3.97. The molecule has 0 aliphatic rings. The summed E-state index contributed by atoms with van der Waals surface area (Å²) in [5, 5.41) is 15.8. The van der Waals surface area contributed by atoms with Crippen LogP contribution >= 0.6 is 0 Å². The molecule has 2 aromatic heterocycles. The number of rotatable bonds is 9. The van der Waals surface area contributed by atoms with E-state index in [0.29, 0.717) is 11.2 Å². The molecule has 1 aromatic carbocycles. The quantitative estimate of drug-likeness (QED) is 0.572. The fourth-order valence-corrected chi connectivity index (χ4v) is 3.73. The fraction of sp³-hybridized carbons (Fsp3) is 0.455. The molecular formula is C22H29FN4O2. The Morgan fingerprint density at radius 3 is 2.59 bits per heavy atom. The first-order chi connectivity index (χ1) is 13.9. The summed E-state index contributed by atoms with van der Waals surface area (Å²) < 4.78 is 22.2. The minimum Gasteiger partial charge on any atom is -0.382 e. The predicted molar refractivity (Wildman–Crippen MR) is 111 cm³/mol. The largest absolute Gasteiger partial charge is 0.382 e. The van der Waals surface area contributed by atoms with Gasteiger partial charge in [-0.1, -0.05) is 57.5 Å². The van der Waals surface area contributed by atoms with E-state index in [9.17, 15) is 9.50 Å². The molecule has 0 amide bonds. The second-order valence-corrected chi connectivity index (χ2v) is 7.68. The van der Waals surface area contributed by atoms with Crippen LogP contribution in [0.15, 0.2) is 48.8 Å². The number of fused-ring (bicyclic) bond motifs is 1. The summed E-state index contributed by atoms with van der Waals surface area (Å²) in [5.74, 6) is 0.387. The molecule has 4 atom stereocenters. The number of halogens is 1. The van der Waals surface area contributed by atoms with Crippen LogP contribution in [0.3, 0.4) is 0 Å². The molecule has 0 saturated carbocycles. The second kappa shape index (κ2) is 8.88. The molecule has 0 saturated heterocycles. The molecule has 3 rings (SSSR count). The number of benzene rings is 1. The maximum Gasteiger partial charge on any atom is 0.161 e. The Morgan fingerprint density at radius 2 is 1.93 bits per heavy atom. The van der Waals surface area contributed by atoms with E-state index in [-0.39, 0.29) is 24.3 Å². The zero-order valence-corrected chi connectivity index (χ0v) is 17.1. The molecule has 7 heteroatoms. The number of ether oxygens (including phenoxy) is 1. The topological polar surface area (TPSA) is 85.7 Å². The van der Waals surface area contributed by atoms with Gasteiger partial charge in [-0.15, -0.1) is 0 Å². The van der Waals surface area contributed by atoms with Crippen LogP contribution in [-0.2, 0) is 16.9 Å². The molecule has 6 nitrogen and oxygen atoms in total. The number of nitrogens with two attached hydrogens (primary N) is 1. The number of aromatic nitrogens is 3. The molecule has 3 N–H and O–H groups in total. The smallest absolute Gasteiger partial charge is 0.161 e. The summed E-state index contributed by atoms with van der Waals surface area (Å²) in [7, 11) is 0. The highest BCUT2D eigenvalue weighted by molar-refractivity contribution is 5.65. The fourth-order valence-electron chi connectivity index (χ4n) is 3.73. The van der Waals surface area contributed by atoms with Crippen LogP contribution in [0.2, 0.25) is 0 Å². The normalized spacial score (nSPS) is 17.0. The van der Waals surface area contributed by atoms with Crippen molar-refractivity contribution in [3.63, 3.8) is 0 Å². The first-order valence-electron chi connectivity index (χ1n) is 9.95. The number of hydrogen-bond acceptors (Lipinski definition) is 5. The summed E-state index contributed by atoms with van der Waals surface area (Å²) in [5.41, 5.74) is 5.82. The van der Waals surface area contributed by atoms with E-state index in [1.165, 1.54) is 10.8 Å². The molecule has 0 radical (unpaired) electrons. The highest BCUT2D eigenvalue weighted by Gasteiger charge is 2.46. The van der Waals surface area contributed by atoms with Crippen LogP contribution in [-0.4, -0.2) is 32.5 Å². The Labute approximate surface area is 170 Å². The Balaban J connectivity index is 2.03. The number of alkyl halides is 1. The number of anilines is 1. The summed E-state index contributed by atoms with van der Waals surface area (Å²) in [6.45, 7) is 5.41. The van der Waals surface area contributed by atoms with Gasteiger partial charge in [0.15, 0.2) is 11.4 Å². The minimum absolute atomic E-state index is 0.103. The first-order valence-corrected chi connectivity index (χ1v) is 9.95. The molecule has 2 heterocycles. The van der Waals surface area contributed by atoms with Crippen LogP contribution in [0.5, 0.6) is 0 Å². The van der Waals surface area contributed by atoms with Gasteiger partial charge in [0.25, 0.3) is 0 Å². The van der Waals surface area contributed by atoms with Crippen molar-refractivity contribution in [2.24, 2.45) is 11.8 Å². The molecule has 156 valence electrons. The van der Waals surface area contributed by atoms with E-state index < -0.39 is 18.4 Å². The minimum atomic E-state index is -1.88. The Hall–Kier alpha value is -2.51. The molecule has 0 aliphatic carbocycles. The van der Waals surface area contributed by atoms with E-state index in [2.05, 4.69) is 23.9 Å². The van der Waals surface area contributed by atoms with E-state index in [1.54, 1.807) is 12.1 Å². The third kappa shape index (κ3) is 4.11. The monoisotopic (exact) mass is 400 g/mol. The van der Waals surface area contributed by atoms with Crippen LogP contribution in [0.25, 0.3) is 5.52 Å². The zero-order valence-electron chi connectivity index (χ0n) is 17.1. The second-order valence-electron chi connectivity index (χ2n) is 7.68. The van der Waals surface area contributed by atoms with Gasteiger partial charge >= 0.3 is 0 Å². The number of aliphatic hydroxyl groups is 1. The van der Waals surface area contributed by atoms with Gasteiger partial charge in [-0.25, -0.2) is 13.9 Å². The van der Waals surface area contributed by atoms with Gasteiger partial charge in [0.1, 0.15) is 18.5 Å². The molecule has 29 heavy (non-hydrogen) atoms. The maximum absolute atomic E-state index is 14.5. The third-order valence-corrected chi connectivity index (χ3v) is 5.89. The Kier molecular flexibility index (Phi) is 6.49. The van der Waals surface area contributed by atoms with Gasteiger partial charge < -0.3 is 15.6 Å². The van der Waals surface area contributed by atoms with Crippen LogP contribution in [0.1, 0.15) is 38.4 Å². The van der Waals surface area contributed by atoms with E-state index in [4.69, 9.17) is 10.5 Å². The first kappa shape index (κ1) is 21.2. The number of nitrogens with zero attached hydrogens (tertiary/aromatic N) is 3. The lowest BCUT2D eigenvalue weighted by molar-refractivity contribution is -0.161. The van der Waals surface area contributed by atoms with Crippen LogP contribution in [0.4, 0.5) is 10.2 Å². The number of nitrogen functional groups attached to an aromatic ring is 1. The highest BCUT2D eigenvalue weighted by atomic mass is 19.1. The van der Waals surface area contributed by atoms with Crippen molar-refractivity contribution in [3.8, 4) is 0 Å². The lowest BCUT2D eigenvalue weighted by Gasteiger charge is -2.39. The predicted octanol–water partition coefficient (Wildman–Crippen LogP) is 3.74.